The summed E-state index contributed by atoms with van der Waals surface area (Å²) in [4.78, 5) is 44.0. The van der Waals surface area contributed by atoms with E-state index >= 15 is 0 Å². The summed E-state index contributed by atoms with van der Waals surface area (Å²) < 4.78 is 5.14. The van der Waals surface area contributed by atoms with Gasteiger partial charge in [0.25, 0.3) is 0 Å². The molecule has 0 amide bonds. The molecule has 0 aromatic heterocycles. The Morgan fingerprint density at radius 3 is 1.75 bits per heavy atom. The van der Waals surface area contributed by atoms with Gasteiger partial charge in [-0.3, -0.25) is 14.4 Å². The van der Waals surface area contributed by atoms with Gasteiger partial charge in [-0.15, -0.1) is 0 Å². The molecule has 0 aromatic carbocycles. The Bertz CT molecular complexity index is 473. The lowest BCUT2D eigenvalue weighted by Crippen LogP contribution is -2.42. The maximum absolute atomic E-state index is 11.2. The van der Waals surface area contributed by atoms with Crippen LogP contribution in [0.4, 0.5) is 0 Å². The zero-order chi connectivity index (χ0) is 22.2. The van der Waals surface area contributed by atoms with Crippen molar-refractivity contribution in [2.45, 2.75) is 64.9 Å². The molecule has 10 nitrogen and oxygen atoms in total. The molecule has 0 saturated heterocycles. The van der Waals surface area contributed by atoms with E-state index < -0.39 is 36.4 Å². The predicted octanol–water partition coefficient (Wildman–Crippen LogP) is 1.20. The van der Waals surface area contributed by atoms with Crippen molar-refractivity contribution in [3.8, 4) is 0 Å². The van der Waals surface area contributed by atoms with Crippen molar-refractivity contribution in [1.82, 2.24) is 4.90 Å². The summed E-state index contributed by atoms with van der Waals surface area (Å²) in [5.41, 5.74) is -2.74. The van der Waals surface area contributed by atoms with Gasteiger partial charge in [0, 0.05) is 13.0 Å². The van der Waals surface area contributed by atoms with Crippen molar-refractivity contribution in [1.29, 1.82) is 0 Å². The molecule has 0 aliphatic rings. The second-order valence-corrected chi connectivity index (χ2v) is 6.18. The number of carbonyl (C=O) groups excluding carboxylic acids is 1. The number of hydrogen-bond acceptors (Lipinski definition) is 7. The number of unbranched alkanes of at least 4 members (excludes halogenated alkanes) is 2. The minimum atomic E-state index is -2.74. The lowest BCUT2D eigenvalue weighted by molar-refractivity contribution is -0.170. The molecule has 0 aliphatic carbocycles. The summed E-state index contributed by atoms with van der Waals surface area (Å²) >= 11 is 0. The smallest absolute Gasteiger partial charge is 0.336 e. The zero-order valence-electron chi connectivity index (χ0n) is 16.8. The number of carboxylic acids is 3. The van der Waals surface area contributed by atoms with Gasteiger partial charge in [0.1, 0.15) is 6.61 Å². The number of esters is 1. The molecule has 0 radical (unpaired) electrons. The maximum Gasteiger partial charge on any atom is 0.336 e. The van der Waals surface area contributed by atoms with Crippen LogP contribution in [0.3, 0.4) is 0 Å². The van der Waals surface area contributed by atoms with Crippen LogP contribution in [0.5, 0.6) is 0 Å². The quantitative estimate of drug-likeness (QED) is 0.243. The zero-order valence-corrected chi connectivity index (χ0v) is 16.8. The Morgan fingerprint density at radius 2 is 1.39 bits per heavy atom. The highest BCUT2D eigenvalue weighted by molar-refractivity contribution is 5.88. The van der Waals surface area contributed by atoms with Crippen LogP contribution in [0.2, 0.25) is 0 Å². The van der Waals surface area contributed by atoms with Gasteiger partial charge in [-0.1, -0.05) is 33.6 Å². The molecule has 0 aromatic rings. The van der Waals surface area contributed by atoms with Crippen molar-refractivity contribution >= 4 is 23.9 Å². The predicted molar refractivity (Wildman–Crippen MR) is 100.0 cm³/mol. The topological polar surface area (TPSA) is 162 Å². The summed E-state index contributed by atoms with van der Waals surface area (Å²) in [5, 5.41) is 33.8. The molecule has 0 heterocycles. The second kappa shape index (κ2) is 15.8. The first-order chi connectivity index (χ1) is 13.0. The molecule has 28 heavy (non-hydrogen) atoms. The van der Waals surface area contributed by atoms with Crippen LogP contribution < -0.4 is 0 Å². The van der Waals surface area contributed by atoms with Crippen LogP contribution in [0.1, 0.15) is 59.3 Å². The van der Waals surface area contributed by atoms with Gasteiger partial charge in [0.2, 0.25) is 0 Å². The molecule has 0 unspecified atom stereocenters. The SMILES string of the molecule is CCCCCC(=O)OCCN(CC)CC.O=C(O)CC(O)(CC(=O)O)C(=O)O. The minimum absolute atomic E-state index is 0.0457. The Hall–Kier alpha value is -2.20. The molecule has 0 bridgehead atoms. The number of carboxylic acid groups (broad SMARTS) is 3. The first kappa shape index (κ1) is 28.0. The number of aliphatic hydroxyl groups is 1. The molecule has 0 rings (SSSR count). The third-order valence-electron chi connectivity index (χ3n) is 3.83. The molecule has 164 valence electrons. The summed E-state index contributed by atoms with van der Waals surface area (Å²) in [5.74, 6) is -5.06. The second-order valence-electron chi connectivity index (χ2n) is 6.18. The van der Waals surface area contributed by atoms with Crippen LogP contribution in [0, 0.1) is 0 Å². The third kappa shape index (κ3) is 14.9. The average molecular weight is 407 g/mol. The molecular weight excluding hydrogens is 374 g/mol. The molecule has 0 aliphatic heterocycles. The number of rotatable bonds is 14. The number of aliphatic carboxylic acids is 3. The lowest BCUT2D eigenvalue weighted by atomic mass is 9.96. The fraction of sp³-hybridized carbons (Fsp3) is 0.778. The van der Waals surface area contributed by atoms with Crippen molar-refractivity contribution in [2.24, 2.45) is 0 Å². The minimum Gasteiger partial charge on any atom is -0.481 e. The van der Waals surface area contributed by atoms with Gasteiger partial charge in [0.15, 0.2) is 5.60 Å². The van der Waals surface area contributed by atoms with E-state index in [-0.39, 0.29) is 5.97 Å². The molecular formula is C18H33NO9. The van der Waals surface area contributed by atoms with E-state index in [0.717, 1.165) is 38.9 Å². The van der Waals surface area contributed by atoms with Gasteiger partial charge in [-0.05, 0) is 19.5 Å². The fourth-order valence-corrected chi connectivity index (χ4v) is 2.13. The van der Waals surface area contributed by atoms with E-state index in [2.05, 4.69) is 25.7 Å². The highest BCUT2D eigenvalue weighted by Gasteiger charge is 2.40. The van der Waals surface area contributed by atoms with E-state index in [1.807, 2.05) is 0 Å². The van der Waals surface area contributed by atoms with Crippen molar-refractivity contribution in [2.75, 3.05) is 26.2 Å². The monoisotopic (exact) mass is 407 g/mol. The van der Waals surface area contributed by atoms with Crippen molar-refractivity contribution in [3.05, 3.63) is 0 Å². The fourth-order valence-electron chi connectivity index (χ4n) is 2.13. The Balaban J connectivity index is 0. The van der Waals surface area contributed by atoms with Gasteiger partial charge < -0.3 is 30.1 Å². The average Bonchev–Trinajstić information content (AvgIpc) is 2.58. The van der Waals surface area contributed by atoms with E-state index in [1.54, 1.807) is 0 Å². The summed E-state index contributed by atoms with van der Waals surface area (Å²) in [7, 11) is 0. The lowest BCUT2D eigenvalue weighted by Gasteiger charge is -2.18. The molecule has 4 N–H and O–H groups in total. The first-order valence-electron chi connectivity index (χ1n) is 9.29. The first-order valence-corrected chi connectivity index (χ1v) is 9.29. The van der Waals surface area contributed by atoms with E-state index in [1.165, 1.54) is 0 Å². The molecule has 0 atom stereocenters. The number of ether oxygens (including phenoxy) is 1. The van der Waals surface area contributed by atoms with Gasteiger partial charge in [0.05, 0.1) is 12.8 Å². The summed E-state index contributed by atoms with van der Waals surface area (Å²) in [6.45, 7) is 9.79. The Morgan fingerprint density at radius 1 is 0.893 bits per heavy atom. The number of likely N-dealkylation sites (N-methyl/N-ethyl adjacent to an activating group) is 1. The maximum atomic E-state index is 11.2. The van der Waals surface area contributed by atoms with Crippen LogP contribution in [0.15, 0.2) is 0 Å². The van der Waals surface area contributed by atoms with E-state index in [9.17, 15) is 19.2 Å². The van der Waals surface area contributed by atoms with Gasteiger partial charge >= 0.3 is 23.9 Å². The normalized spacial score (nSPS) is 10.8. The number of hydrogen-bond donors (Lipinski definition) is 4. The molecule has 0 saturated carbocycles. The summed E-state index contributed by atoms with van der Waals surface area (Å²) in [6.07, 6.45) is 1.51. The highest BCUT2D eigenvalue weighted by Crippen LogP contribution is 2.15. The standard InChI is InChI=1S/C12H25NO2.C6H8O7/c1-4-7-8-9-12(14)15-11-10-13(5-2)6-3;7-3(8)1-6(13,5(11)12)2-4(9)10/h4-11H2,1-3H3;13H,1-2H2,(H,7,8)(H,9,10)(H,11,12). The molecule has 10 heteroatoms. The van der Waals surface area contributed by atoms with Crippen LogP contribution in [-0.2, 0) is 23.9 Å². The Kier molecular flexibility index (Phi) is 15.8. The van der Waals surface area contributed by atoms with Crippen LogP contribution in [-0.4, -0.2) is 81.0 Å². The Labute approximate surface area is 165 Å². The molecule has 0 fully saturated rings. The van der Waals surface area contributed by atoms with Gasteiger partial charge in [-0.2, -0.15) is 0 Å². The van der Waals surface area contributed by atoms with Crippen molar-refractivity contribution in [3.63, 3.8) is 0 Å². The number of carbonyl (C=O) groups is 4. The largest absolute Gasteiger partial charge is 0.481 e. The molecule has 0 spiro atoms. The van der Waals surface area contributed by atoms with Gasteiger partial charge in [-0.25, -0.2) is 4.79 Å². The van der Waals surface area contributed by atoms with Crippen molar-refractivity contribution < 1.29 is 44.3 Å². The summed E-state index contributed by atoms with van der Waals surface area (Å²) in [6, 6.07) is 0. The van der Waals surface area contributed by atoms with Crippen LogP contribution in [0.25, 0.3) is 0 Å². The highest BCUT2D eigenvalue weighted by atomic mass is 16.5. The van der Waals surface area contributed by atoms with Crippen LogP contribution >= 0.6 is 0 Å². The van der Waals surface area contributed by atoms with E-state index in [4.69, 9.17) is 25.2 Å². The number of nitrogens with zero attached hydrogens (tertiary/aromatic N) is 1. The van der Waals surface area contributed by atoms with E-state index in [0.29, 0.717) is 13.0 Å². The third-order valence-corrected chi connectivity index (χ3v) is 3.83.